The van der Waals surface area contributed by atoms with Crippen LogP contribution in [0.3, 0.4) is 0 Å². The highest BCUT2D eigenvalue weighted by atomic mass is 32.1. The first kappa shape index (κ1) is 14.9. The van der Waals surface area contributed by atoms with Crippen LogP contribution in [-0.4, -0.2) is 40.9 Å². The molecule has 0 spiro atoms. The molecule has 3 rings (SSSR count). The van der Waals surface area contributed by atoms with Gasteiger partial charge in [0.25, 0.3) is 0 Å². The lowest BCUT2D eigenvalue weighted by molar-refractivity contribution is 0.0683. The van der Waals surface area contributed by atoms with Crippen LogP contribution in [0.1, 0.15) is 37.4 Å². The molecule has 118 valence electrons. The van der Waals surface area contributed by atoms with Gasteiger partial charge in [-0.05, 0) is 13.8 Å². The zero-order chi connectivity index (χ0) is 15.5. The Morgan fingerprint density at radius 2 is 2.41 bits per heavy atom. The fraction of sp³-hybridized carbons (Fsp3) is 0.538. The summed E-state index contributed by atoms with van der Waals surface area (Å²) in [5.74, 6) is 1.02. The predicted molar refractivity (Wildman–Crippen MR) is 80.0 cm³/mol. The highest BCUT2D eigenvalue weighted by Crippen LogP contribution is 2.23. The van der Waals surface area contributed by atoms with Crippen molar-refractivity contribution in [2.24, 2.45) is 0 Å². The Kier molecular flexibility index (Phi) is 4.34. The molecule has 22 heavy (non-hydrogen) atoms. The van der Waals surface area contributed by atoms with Crippen LogP contribution >= 0.6 is 11.3 Å². The lowest BCUT2D eigenvalue weighted by Crippen LogP contribution is -2.27. The average Bonchev–Trinajstić information content (AvgIpc) is 3.20. The number of rotatable bonds is 6. The molecule has 2 aromatic rings. The fourth-order valence-electron chi connectivity index (χ4n) is 2.14. The Labute approximate surface area is 131 Å². The van der Waals surface area contributed by atoms with Gasteiger partial charge in [0.1, 0.15) is 6.10 Å². The van der Waals surface area contributed by atoms with Crippen molar-refractivity contribution < 1.29 is 14.1 Å². The highest BCUT2D eigenvalue weighted by molar-refractivity contribution is 7.14. The number of hydrogen-bond acceptors (Lipinski definition) is 7. The van der Waals surface area contributed by atoms with Crippen LogP contribution in [-0.2, 0) is 11.2 Å². The third-order valence-electron chi connectivity index (χ3n) is 3.22. The molecule has 0 unspecified atom stereocenters. The first-order chi connectivity index (χ1) is 10.7. The third-order valence-corrected chi connectivity index (χ3v) is 4.14. The monoisotopic (exact) mass is 323 g/mol. The Morgan fingerprint density at radius 3 is 3.14 bits per heavy atom. The van der Waals surface area contributed by atoms with Crippen molar-refractivity contribution in [2.45, 2.75) is 26.4 Å². The molecule has 0 saturated carbocycles. The van der Waals surface area contributed by atoms with Crippen molar-refractivity contribution in [2.75, 3.05) is 24.6 Å². The molecule has 1 aliphatic heterocycles. The molecule has 1 aliphatic rings. The van der Waals surface area contributed by atoms with Gasteiger partial charge in [-0.15, -0.1) is 11.3 Å². The summed E-state index contributed by atoms with van der Waals surface area (Å²) < 4.78 is 10.6. The lowest BCUT2D eigenvalue weighted by Gasteiger charge is -2.08. The number of carbonyl (C=O) groups is 1. The van der Waals surface area contributed by atoms with Gasteiger partial charge < -0.3 is 14.6 Å². The zero-order valence-electron chi connectivity index (χ0n) is 12.4. The van der Waals surface area contributed by atoms with Crippen LogP contribution in [0.2, 0.25) is 0 Å². The standard InChI is InChI=1S/C13H17N5O3S/c1-3-20-8(2)11-16-10(21-17-11)6-9-7-22-13(15-9)18-5-4-14-12(18)19/h7-8H,3-6H2,1-2H3,(H,14,19)/t8-/m0/s1. The van der Waals surface area contributed by atoms with Gasteiger partial charge in [-0.1, -0.05) is 5.16 Å². The summed E-state index contributed by atoms with van der Waals surface area (Å²) >= 11 is 1.43. The van der Waals surface area contributed by atoms with Gasteiger partial charge in [-0.25, -0.2) is 9.78 Å². The molecule has 0 bridgehead atoms. The SMILES string of the molecule is CCO[C@@H](C)c1noc(Cc2csc(N3CCNC3=O)n2)n1. The molecule has 0 radical (unpaired) electrons. The molecule has 2 amide bonds. The van der Waals surface area contributed by atoms with Gasteiger partial charge in [0.05, 0.1) is 12.1 Å². The van der Waals surface area contributed by atoms with E-state index in [-0.39, 0.29) is 12.1 Å². The minimum absolute atomic E-state index is 0.105. The molecule has 2 aromatic heterocycles. The smallest absolute Gasteiger partial charge is 0.323 e. The Balaban J connectivity index is 1.66. The number of nitrogens with one attached hydrogen (secondary N) is 1. The topological polar surface area (TPSA) is 93.4 Å². The lowest BCUT2D eigenvalue weighted by atomic mass is 10.3. The number of ether oxygens (including phenoxy) is 1. The van der Waals surface area contributed by atoms with Gasteiger partial charge in [-0.2, -0.15) is 4.98 Å². The van der Waals surface area contributed by atoms with E-state index in [4.69, 9.17) is 9.26 Å². The third kappa shape index (κ3) is 3.09. The van der Waals surface area contributed by atoms with Gasteiger partial charge in [-0.3, -0.25) is 4.90 Å². The summed E-state index contributed by atoms with van der Waals surface area (Å²) in [5, 5.41) is 9.26. The largest absolute Gasteiger partial charge is 0.371 e. The van der Waals surface area contributed by atoms with Crippen LogP contribution < -0.4 is 10.2 Å². The first-order valence-corrected chi connectivity index (χ1v) is 7.99. The minimum Gasteiger partial charge on any atom is -0.371 e. The summed E-state index contributed by atoms with van der Waals surface area (Å²) in [5.41, 5.74) is 0.805. The second-order valence-corrected chi connectivity index (χ2v) is 5.66. The van der Waals surface area contributed by atoms with Crippen LogP contribution in [0.5, 0.6) is 0 Å². The maximum Gasteiger partial charge on any atom is 0.323 e. The molecular formula is C13H17N5O3S. The maximum absolute atomic E-state index is 11.6. The summed E-state index contributed by atoms with van der Waals surface area (Å²) in [7, 11) is 0. The molecule has 1 atom stereocenters. The molecule has 0 aromatic carbocycles. The van der Waals surface area contributed by atoms with Crippen molar-refractivity contribution in [3.8, 4) is 0 Å². The number of hydrogen-bond donors (Lipinski definition) is 1. The van der Waals surface area contributed by atoms with E-state index in [2.05, 4.69) is 20.4 Å². The van der Waals surface area contributed by atoms with E-state index in [1.807, 2.05) is 19.2 Å². The summed E-state index contributed by atoms with van der Waals surface area (Å²) in [6, 6.07) is -0.105. The van der Waals surface area contributed by atoms with Gasteiger partial charge in [0.2, 0.25) is 5.89 Å². The van der Waals surface area contributed by atoms with Crippen LogP contribution in [0.25, 0.3) is 0 Å². The van der Waals surface area contributed by atoms with E-state index in [1.165, 1.54) is 11.3 Å². The van der Waals surface area contributed by atoms with E-state index in [0.29, 0.717) is 43.0 Å². The first-order valence-electron chi connectivity index (χ1n) is 7.11. The minimum atomic E-state index is -0.193. The number of aromatic nitrogens is 3. The van der Waals surface area contributed by atoms with Crippen LogP contribution in [0.4, 0.5) is 9.93 Å². The number of urea groups is 1. The Hall–Kier alpha value is -2.00. The van der Waals surface area contributed by atoms with E-state index in [9.17, 15) is 4.79 Å². The van der Waals surface area contributed by atoms with Crippen molar-refractivity contribution in [1.29, 1.82) is 0 Å². The summed E-state index contributed by atoms with van der Waals surface area (Å²) in [6.07, 6.45) is 0.249. The summed E-state index contributed by atoms with van der Waals surface area (Å²) in [6.45, 7) is 5.69. The van der Waals surface area contributed by atoms with Gasteiger partial charge in [0, 0.05) is 25.1 Å². The average molecular weight is 323 g/mol. The number of anilines is 1. The van der Waals surface area contributed by atoms with E-state index in [0.717, 1.165) is 5.69 Å². The Bertz CT molecular complexity index is 656. The number of amides is 2. The van der Waals surface area contributed by atoms with E-state index in [1.54, 1.807) is 4.90 Å². The second kappa shape index (κ2) is 6.41. The molecular weight excluding hydrogens is 306 g/mol. The van der Waals surface area contributed by atoms with Crippen LogP contribution in [0.15, 0.2) is 9.90 Å². The zero-order valence-corrected chi connectivity index (χ0v) is 13.2. The van der Waals surface area contributed by atoms with Crippen molar-refractivity contribution in [1.82, 2.24) is 20.4 Å². The molecule has 1 fully saturated rings. The van der Waals surface area contributed by atoms with Gasteiger partial charge >= 0.3 is 6.03 Å². The maximum atomic E-state index is 11.6. The van der Waals surface area contributed by atoms with Crippen LogP contribution in [0, 0.1) is 0 Å². The van der Waals surface area contributed by atoms with E-state index < -0.39 is 0 Å². The van der Waals surface area contributed by atoms with Gasteiger partial charge in [0.15, 0.2) is 11.0 Å². The molecule has 1 N–H and O–H groups in total. The molecule has 8 nitrogen and oxygen atoms in total. The quantitative estimate of drug-likeness (QED) is 0.870. The fourth-order valence-corrected chi connectivity index (χ4v) is 2.99. The number of nitrogens with zero attached hydrogens (tertiary/aromatic N) is 4. The second-order valence-electron chi connectivity index (χ2n) is 4.83. The normalized spacial score (nSPS) is 16.1. The number of carbonyl (C=O) groups excluding carboxylic acids is 1. The predicted octanol–water partition coefficient (Wildman–Crippen LogP) is 1.74. The number of thiazole rings is 1. The Morgan fingerprint density at radius 1 is 1.55 bits per heavy atom. The van der Waals surface area contributed by atoms with Crippen molar-refractivity contribution >= 4 is 22.5 Å². The van der Waals surface area contributed by atoms with Crippen molar-refractivity contribution in [3.05, 3.63) is 22.8 Å². The molecule has 9 heteroatoms. The van der Waals surface area contributed by atoms with E-state index >= 15 is 0 Å². The van der Waals surface area contributed by atoms with Crippen molar-refractivity contribution in [3.63, 3.8) is 0 Å². The molecule has 3 heterocycles. The molecule has 0 aliphatic carbocycles. The highest BCUT2D eigenvalue weighted by Gasteiger charge is 2.24. The molecule has 1 saturated heterocycles. The summed E-state index contributed by atoms with van der Waals surface area (Å²) in [4.78, 5) is 22.0.